The summed E-state index contributed by atoms with van der Waals surface area (Å²) in [5, 5.41) is 13.3. The van der Waals surface area contributed by atoms with Crippen LogP contribution in [0.5, 0.6) is 0 Å². The van der Waals surface area contributed by atoms with Crippen molar-refractivity contribution in [3.05, 3.63) is 95.6 Å². The largest absolute Gasteiger partial charge is 0.468 e. The smallest absolute Gasteiger partial charge is 0.325 e. The molecule has 1 atom stereocenters. The monoisotopic (exact) mass is 359 g/mol. The number of benzene rings is 3. The minimum Gasteiger partial charge on any atom is -0.468 e. The van der Waals surface area contributed by atoms with Gasteiger partial charge in [0.05, 0.1) is 19.3 Å². The van der Waals surface area contributed by atoms with E-state index in [9.17, 15) is 9.90 Å². The van der Waals surface area contributed by atoms with Crippen LogP contribution in [0.1, 0.15) is 16.7 Å². The van der Waals surface area contributed by atoms with E-state index in [0.29, 0.717) is 0 Å². The van der Waals surface area contributed by atoms with Crippen molar-refractivity contribution in [1.29, 1.82) is 0 Å². The van der Waals surface area contributed by atoms with Crippen molar-refractivity contribution >= 4 is 5.97 Å². The molecule has 0 saturated heterocycles. The summed E-state index contributed by atoms with van der Waals surface area (Å²) in [6, 6.07) is 25.5. The average molecular weight is 359 g/mol. The van der Waals surface area contributed by atoms with Gasteiger partial charge < -0.3 is 9.84 Å². The van der Waals surface area contributed by atoms with Crippen molar-refractivity contribution in [3.8, 4) is 11.1 Å². The highest BCUT2D eigenvalue weighted by atomic mass is 16.5. The van der Waals surface area contributed by atoms with Crippen LogP contribution in [0.15, 0.2) is 78.9 Å². The molecule has 1 aliphatic rings. The van der Waals surface area contributed by atoms with Crippen LogP contribution in [0.4, 0.5) is 0 Å². The van der Waals surface area contributed by atoms with Gasteiger partial charge in [0, 0.05) is 0 Å². The van der Waals surface area contributed by atoms with Gasteiger partial charge in [-0.1, -0.05) is 78.9 Å². The van der Waals surface area contributed by atoms with Gasteiger partial charge in [-0.3, -0.25) is 10.1 Å². The summed E-state index contributed by atoms with van der Waals surface area (Å²) in [5.74, 6) is -0.491. The molecule has 1 aliphatic carbocycles. The number of ether oxygens (including phenoxy) is 1. The quantitative estimate of drug-likeness (QED) is 0.688. The molecule has 0 radical (unpaired) electrons. The number of methoxy groups -OCH3 is 1. The predicted molar refractivity (Wildman–Crippen MR) is 104 cm³/mol. The third kappa shape index (κ3) is 2.65. The van der Waals surface area contributed by atoms with Crippen LogP contribution in [-0.2, 0) is 15.1 Å². The number of aliphatic hydroxyl groups is 1. The maximum absolute atomic E-state index is 12.3. The van der Waals surface area contributed by atoms with Gasteiger partial charge in [0.2, 0.25) is 0 Å². The van der Waals surface area contributed by atoms with E-state index in [1.165, 1.54) is 7.11 Å². The van der Waals surface area contributed by atoms with Gasteiger partial charge in [0.25, 0.3) is 0 Å². The lowest BCUT2D eigenvalue weighted by Crippen LogP contribution is -2.53. The van der Waals surface area contributed by atoms with E-state index < -0.39 is 17.6 Å². The molecule has 0 fully saturated rings. The molecule has 0 aliphatic heterocycles. The van der Waals surface area contributed by atoms with Gasteiger partial charge in [-0.25, -0.2) is 0 Å². The van der Waals surface area contributed by atoms with E-state index >= 15 is 0 Å². The number of aliphatic hydroxyl groups excluding tert-OH is 1. The van der Waals surface area contributed by atoms with Crippen molar-refractivity contribution in [1.82, 2.24) is 5.32 Å². The van der Waals surface area contributed by atoms with Crippen LogP contribution in [0, 0.1) is 0 Å². The first-order valence-corrected chi connectivity index (χ1v) is 8.93. The SMILES string of the molecule is COC(=O)[C@H](CO)NC1(c2ccccc2)c2ccccc2-c2ccccc21. The lowest BCUT2D eigenvalue weighted by molar-refractivity contribution is -0.144. The molecular weight excluding hydrogens is 338 g/mol. The third-order valence-electron chi connectivity index (χ3n) is 5.22. The zero-order chi connectivity index (χ0) is 18.9. The lowest BCUT2D eigenvalue weighted by atomic mass is 9.80. The van der Waals surface area contributed by atoms with Crippen molar-refractivity contribution in [2.45, 2.75) is 11.6 Å². The van der Waals surface area contributed by atoms with Crippen molar-refractivity contribution in [2.24, 2.45) is 0 Å². The topological polar surface area (TPSA) is 58.6 Å². The molecule has 4 rings (SSSR count). The third-order valence-corrected chi connectivity index (χ3v) is 5.22. The van der Waals surface area contributed by atoms with Gasteiger partial charge in [0.15, 0.2) is 0 Å². The molecule has 0 heterocycles. The number of fused-ring (bicyclic) bond motifs is 3. The zero-order valence-electron chi connectivity index (χ0n) is 15.1. The molecule has 0 aromatic heterocycles. The molecule has 0 saturated carbocycles. The molecule has 0 amide bonds. The summed E-state index contributed by atoms with van der Waals surface area (Å²) in [6.07, 6.45) is 0. The van der Waals surface area contributed by atoms with E-state index in [2.05, 4.69) is 29.6 Å². The predicted octanol–water partition coefficient (Wildman–Crippen LogP) is 3.08. The molecule has 3 aromatic rings. The Morgan fingerprint density at radius 3 is 1.96 bits per heavy atom. The fraction of sp³-hybridized carbons (Fsp3) is 0.174. The molecule has 0 spiro atoms. The standard InChI is InChI=1S/C23H21NO3/c1-27-22(26)21(15-25)24-23(16-9-3-2-4-10-16)19-13-7-5-11-17(19)18-12-6-8-14-20(18)23/h2-14,21,24-25H,15H2,1H3/t21-/m0/s1. The molecule has 0 unspecified atom stereocenters. The molecule has 4 heteroatoms. The van der Waals surface area contributed by atoms with E-state index in [-0.39, 0.29) is 6.61 Å². The van der Waals surface area contributed by atoms with Gasteiger partial charge >= 0.3 is 5.97 Å². The minimum atomic E-state index is -0.852. The Morgan fingerprint density at radius 1 is 0.926 bits per heavy atom. The molecule has 0 bridgehead atoms. The molecule has 2 N–H and O–H groups in total. The van der Waals surface area contributed by atoms with Gasteiger partial charge in [-0.2, -0.15) is 0 Å². The Hall–Kier alpha value is -2.95. The summed E-state index contributed by atoms with van der Waals surface area (Å²) in [6.45, 7) is -0.356. The maximum atomic E-state index is 12.3. The van der Waals surface area contributed by atoms with Crippen molar-refractivity contribution in [3.63, 3.8) is 0 Å². The number of hydrogen-bond donors (Lipinski definition) is 2. The van der Waals surface area contributed by atoms with Gasteiger partial charge in [-0.05, 0) is 27.8 Å². The van der Waals surface area contributed by atoms with E-state index in [4.69, 9.17) is 4.74 Å². The first-order valence-electron chi connectivity index (χ1n) is 8.93. The van der Waals surface area contributed by atoms with Crippen LogP contribution < -0.4 is 5.32 Å². The number of rotatable bonds is 5. The highest BCUT2D eigenvalue weighted by Crippen LogP contribution is 2.50. The van der Waals surface area contributed by atoms with E-state index in [0.717, 1.165) is 27.8 Å². The summed E-state index contributed by atoms with van der Waals surface area (Å²) in [7, 11) is 1.33. The Labute approximate surface area is 158 Å². The first-order chi connectivity index (χ1) is 13.2. The van der Waals surface area contributed by atoms with Crippen molar-refractivity contribution < 1.29 is 14.6 Å². The van der Waals surface area contributed by atoms with Crippen LogP contribution >= 0.6 is 0 Å². The van der Waals surface area contributed by atoms with Crippen LogP contribution in [0.3, 0.4) is 0 Å². The summed E-state index contributed by atoms with van der Waals surface area (Å²) < 4.78 is 4.91. The van der Waals surface area contributed by atoms with Gasteiger partial charge in [0.1, 0.15) is 6.04 Å². The highest BCUT2D eigenvalue weighted by molar-refractivity contribution is 5.84. The summed E-state index contributed by atoms with van der Waals surface area (Å²) >= 11 is 0. The first kappa shape index (κ1) is 17.5. The van der Waals surface area contributed by atoms with Crippen LogP contribution in [0.25, 0.3) is 11.1 Å². The molecule has 27 heavy (non-hydrogen) atoms. The number of hydrogen-bond acceptors (Lipinski definition) is 4. The fourth-order valence-corrected chi connectivity index (χ4v) is 4.06. The van der Waals surface area contributed by atoms with Crippen LogP contribution in [0.2, 0.25) is 0 Å². The Bertz CT molecular complexity index is 923. The number of carbonyl (C=O) groups is 1. The number of nitrogens with one attached hydrogen (secondary N) is 1. The molecular formula is C23H21NO3. The second-order valence-corrected chi connectivity index (χ2v) is 6.61. The van der Waals surface area contributed by atoms with Gasteiger partial charge in [-0.15, -0.1) is 0 Å². The Morgan fingerprint density at radius 2 is 1.44 bits per heavy atom. The lowest BCUT2D eigenvalue weighted by Gasteiger charge is -2.36. The summed E-state index contributed by atoms with van der Waals surface area (Å²) in [4.78, 5) is 12.3. The van der Waals surface area contributed by atoms with E-state index in [1.54, 1.807) is 0 Å². The second-order valence-electron chi connectivity index (χ2n) is 6.61. The highest BCUT2D eigenvalue weighted by Gasteiger charge is 2.46. The van der Waals surface area contributed by atoms with Crippen LogP contribution in [-0.4, -0.2) is 30.8 Å². The average Bonchev–Trinajstić information content (AvgIpc) is 3.03. The molecule has 3 aromatic carbocycles. The Balaban J connectivity index is 2.01. The van der Waals surface area contributed by atoms with E-state index in [1.807, 2.05) is 54.6 Å². The summed E-state index contributed by atoms with van der Waals surface area (Å²) in [5.41, 5.74) is 4.59. The second kappa shape index (κ2) is 6.99. The molecule has 4 nitrogen and oxygen atoms in total. The number of carbonyl (C=O) groups excluding carboxylic acids is 1. The molecule has 136 valence electrons. The maximum Gasteiger partial charge on any atom is 0.325 e. The zero-order valence-corrected chi connectivity index (χ0v) is 15.1. The number of esters is 1. The fourth-order valence-electron chi connectivity index (χ4n) is 4.06. The van der Waals surface area contributed by atoms with Crippen molar-refractivity contribution in [2.75, 3.05) is 13.7 Å². The normalized spacial score (nSPS) is 14.9. The minimum absolute atomic E-state index is 0.356. The Kier molecular flexibility index (Phi) is 4.52.